The van der Waals surface area contributed by atoms with Crippen LogP contribution in [0.1, 0.15) is 5.82 Å². The van der Waals surface area contributed by atoms with E-state index in [-0.39, 0.29) is 6.10 Å². The van der Waals surface area contributed by atoms with Gasteiger partial charge in [0.2, 0.25) is 0 Å². The number of aromatic amines is 1. The molecule has 0 aliphatic carbocycles. The van der Waals surface area contributed by atoms with E-state index in [0.717, 1.165) is 49.3 Å². The summed E-state index contributed by atoms with van der Waals surface area (Å²) in [6, 6.07) is 10.2. The molecule has 7 heteroatoms. The van der Waals surface area contributed by atoms with Crippen LogP contribution in [0.3, 0.4) is 0 Å². The average molecular weight is 356 g/mol. The first-order chi connectivity index (χ1) is 12.7. The lowest BCUT2D eigenvalue weighted by Crippen LogP contribution is -2.48. The minimum atomic E-state index is 0.187. The maximum atomic E-state index is 5.80. The Morgan fingerprint density at radius 3 is 2.96 bits per heavy atom. The van der Waals surface area contributed by atoms with Gasteiger partial charge in [0, 0.05) is 33.7 Å². The van der Waals surface area contributed by atoms with E-state index in [2.05, 4.69) is 49.3 Å². The third kappa shape index (κ3) is 4.83. The van der Waals surface area contributed by atoms with E-state index in [9.17, 15) is 0 Å². The molecule has 140 valence electrons. The number of hydrogen-bond donors (Lipinski definition) is 2. The van der Waals surface area contributed by atoms with Crippen LogP contribution >= 0.6 is 0 Å². The van der Waals surface area contributed by atoms with Gasteiger partial charge >= 0.3 is 0 Å². The third-order valence-electron chi connectivity index (χ3n) is 4.50. The predicted octanol–water partition coefficient (Wildman–Crippen LogP) is 1.41. The number of morpholine rings is 1. The Bertz CT molecular complexity index is 714. The maximum Gasteiger partial charge on any atom is 0.193 e. The molecule has 1 saturated heterocycles. The Balaban J connectivity index is 1.54. The van der Waals surface area contributed by atoms with E-state index in [1.54, 1.807) is 7.05 Å². The Kier molecular flexibility index (Phi) is 6.25. The molecule has 7 nitrogen and oxygen atoms in total. The van der Waals surface area contributed by atoms with Crippen molar-refractivity contribution in [2.45, 2.75) is 12.6 Å². The number of H-pyrrole nitrogens is 1. The van der Waals surface area contributed by atoms with Gasteiger partial charge in [0.15, 0.2) is 5.96 Å². The van der Waals surface area contributed by atoms with Crippen LogP contribution in [0.25, 0.3) is 11.3 Å². The van der Waals surface area contributed by atoms with Crippen molar-refractivity contribution in [2.75, 3.05) is 47.4 Å². The maximum absolute atomic E-state index is 5.80. The Morgan fingerprint density at radius 2 is 2.23 bits per heavy atom. The van der Waals surface area contributed by atoms with Crippen LogP contribution in [-0.4, -0.2) is 79.2 Å². The van der Waals surface area contributed by atoms with Crippen LogP contribution in [0.2, 0.25) is 0 Å². The lowest BCUT2D eigenvalue weighted by Gasteiger charge is -2.31. The first kappa shape index (κ1) is 18.4. The number of likely N-dealkylation sites (N-methyl/N-ethyl adjacent to an activating group) is 1. The molecule has 1 atom stereocenters. The van der Waals surface area contributed by atoms with Crippen molar-refractivity contribution in [3.8, 4) is 11.3 Å². The predicted molar refractivity (Wildman–Crippen MR) is 104 cm³/mol. The molecule has 2 N–H and O–H groups in total. The molecule has 1 fully saturated rings. The summed E-state index contributed by atoms with van der Waals surface area (Å²) in [5.74, 6) is 1.74. The normalized spacial score (nSPS) is 18.7. The standard InChI is InChI=1S/C19H28N6O/c1-20-19(22-11-16-13-24(2)9-10-26-16)25(3)14-18-21-12-17(23-18)15-7-5-4-6-8-15/h4-8,12,16H,9-11,13-14H2,1-3H3,(H,20,22)(H,21,23). The monoisotopic (exact) mass is 356 g/mol. The van der Waals surface area contributed by atoms with Gasteiger partial charge in [-0.1, -0.05) is 30.3 Å². The summed E-state index contributed by atoms with van der Waals surface area (Å²) >= 11 is 0. The van der Waals surface area contributed by atoms with E-state index in [0.29, 0.717) is 6.54 Å². The summed E-state index contributed by atoms with van der Waals surface area (Å²) in [6.45, 7) is 4.11. The molecule has 3 rings (SSSR count). The fourth-order valence-electron chi connectivity index (χ4n) is 3.09. The molecule has 0 bridgehead atoms. The van der Waals surface area contributed by atoms with Crippen LogP contribution in [0.5, 0.6) is 0 Å². The molecular formula is C19H28N6O. The fraction of sp³-hybridized carbons (Fsp3) is 0.474. The van der Waals surface area contributed by atoms with Crippen molar-refractivity contribution < 1.29 is 4.74 Å². The lowest BCUT2D eigenvalue weighted by molar-refractivity contribution is -0.0163. The van der Waals surface area contributed by atoms with E-state index in [1.165, 1.54) is 0 Å². The molecule has 0 spiro atoms. The average Bonchev–Trinajstić information content (AvgIpc) is 3.11. The van der Waals surface area contributed by atoms with Crippen LogP contribution in [0.4, 0.5) is 0 Å². The molecule has 1 aromatic heterocycles. The van der Waals surface area contributed by atoms with Crippen molar-refractivity contribution in [1.29, 1.82) is 0 Å². The topological polar surface area (TPSA) is 68.8 Å². The third-order valence-corrected chi connectivity index (χ3v) is 4.50. The van der Waals surface area contributed by atoms with Crippen molar-refractivity contribution in [3.63, 3.8) is 0 Å². The van der Waals surface area contributed by atoms with Crippen LogP contribution in [-0.2, 0) is 11.3 Å². The number of aromatic nitrogens is 2. The number of hydrogen-bond acceptors (Lipinski definition) is 4. The molecular weight excluding hydrogens is 328 g/mol. The second-order valence-corrected chi connectivity index (χ2v) is 6.65. The molecule has 0 saturated carbocycles. The number of benzene rings is 1. The highest BCUT2D eigenvalue weighted by Crippen LogP contribution is 2.16. The molecule has 0 radical (unpaired) electrons. The van der Waals surface area contributed by atoms with Gasteiger partial charge in [-0.05, 0) is 12.6 Å². The van der Waals surface area contributed by atoms with Gasteiger partial charge in [0.25, 0.3) is 0 Å². The molecule has 26 heavy (non-hydrogen) atoms. The summed E-state index contributed by atoms with van der Waals surface area (Å²) < 4.78 is 5.80. The SMILES string of the molecule is CN=C(NCC1CN(C)CCO1)N(C)Cc1ncc(-c2ccccc2)[nH]1. The van der Waals surface area contributed by atoms with Crippen LogP contribution in [0.15, 0.2) is 41.5 Å². The fourth-order valence-corrected chi connectivity index (χ4v) is 3.09. The molecule has 1 unspecified atom stereocenters. The minimum absolute atomic E-state index is 0.187. The smallest absolute Gasteiger partial charge is 0.193 e. The first-order valence-corrected chi connectivity index (χ1v) is 8.97. The summed E-state index contributed by atoms with van der Waals surface area (Å²) in [5.41, 5.74) is 2.16. The lowest BCUT2D eigenvalue weighted by atomic mass is 10.2. The van der Waals surface area contributed by atoms with E-state index in [1.807, 2.05) is 31.4 Å². The van der Waals surface area contributed by atoms with E-state index >= 15 is 0 Å². The van der Waals surface area contributed by atoms with Crippen molar-refractivity contribution in [3.05, 3.63) is 42.4 Å². The van der Waals surface area contributed by atoms with Crippen LogP contribution in [0, 0.1) is 0 Å². The minimum Gasteiger partial charge on any atom is -0.374 e. The highest BCUT2D eigenvalue weighted by molar-refractivity contribution is 5.79. The van der Waals surface area contributed by atoms with Gasteiger partial charge in [-0.15, -0.1) is 0 Å². The molecule has 1 aromatic carbocycles. The van der Waals surface area contributed by atoms with Crippen molar-refractivity contribution in [1.82, 2.24) is 25.1 Å². The summed E-state index contributed by atoms with van der Waals surface area (Å²) in [7, 11) is 5.93. The van der Waals surface area contributed by atoms with E-state index < -0.39 is 0 Å². The number of nitrogens with one attached hydrogen (secondary N) is 2. The van der Waals surface area contributed by atoms with E-state index in [4.69, 9.17) is 4.74 Å². The van der Waals surface area contributed by atoms with Gasteiger partial charge in [-0.25, -0.2) is 4.98 Å². The highest BCUT2D eigenvalue weighted by Gasteiger charge is 2.18. The number of ether oxygens (including phenoxy) is 1. The number of guanidine groups is 1. The summed E-state index contributed by atoms with van der Waals surface area (Å²) in [5, 5.41) is 3.40. The van der Waals surface area contributed by atoms with Crippen molar-refractivity contribution >= 4 is 5.96 Å². The highest BCUT2D eigenvalue weighted by atomic mass is 16.5. The summed E-state index contributed by atoms with van der Waals surface area (Å²) in [4.78, 5) is 16.6. The molecule has 1 aliphatic rings. The van der Waals surface area contributed by atoms with Gasteiger partial charge in [0.05, 0.1) is 31.1 Å². The Morgan fingerprint density at radius 1 is 1.42 bits per heavy atom. The van der Waals surface area contributed by atoms with Gasteiger partial charge in [-0.2, -0.15) is 0 Å². The molecule has 2 heterocycles. The molecule has 1 aliphatic heterocycles. The zero-order chi connectivity index (χ0) is 18.4. The molecule has 2 aromatic rings. The van der Waals surface area contributed by atoms with Gasteiger partial charge in [-0.3, -0.25) is 4.99 Å². The number of nitrogens with zero attached hydrogens (tertiary/aromatic N) is 4. The summed E-state index contributed by atoms with van der Waals surface area (Å²) in [6.07, 6.45) is 2.06. The zero-order valence-electron chi connectivity index (χ0n) is 15.8. The van der Waals surface area contributed by atoms with Gasteiger partial charge < -0.3 is 24.8 Å². The van der Waals surface area contributed by atoms with Crippen LogP contribution < -0.4 is 5.32 Å². The Labute approximate surface area is 155 Å². The first-order valence-electron chi connectivity index (χ1n) is 8.97. The second kappa shape index (κ2) is 8.82. The number of rotatable bonds is 5. The Hall–Kier alpha value is -2.38. The number of aliphatic imine (C=N–C) groups is 1. The zero-order valence-corrected chi connectivity index (χ0v) is 15.8. The van der Waals surface area contributed by atoms with Crippen molar-refractivity contribution in [2.24, 2.45) is 4.99 Å². The quantitative estimate of drug-likeness (QED) is 0.626. The molecule has 0 amide bonds. The van der Waals surface area contributed by atoms with Gasteiger partial charge in [0.1, 0.15) is 5.82 Å². The number of imidazole rings is 1. The largest absolute Gasteiger partial charge is 0.374 e. The second-order valence-electron chi connectivity index (χ2n) is 6.65.